The predicted octanol–water partition coefficient (Wildman–Crippen LogP) is 5.41. The number of ether oxygens (including phenoxy) is 1. The van der Waals surface area contributed by atoms with Crippen LogP contribution in [-0.2, 0) is 6.61 Å². The topological polar surface area (TPSA) is 52.9 Å². The third-order valence-corrected chi connectivity index (χ3v) is 6.77. The van der Waals surface area contributed by atoms with Crippen LogP contribution in [0.15, 0.2) is 54.7 Å². The predicted molar refractivity (Wildman–Crippen MR) is 125 cm³/mol. The van der Waals surface area contributed by atoms with Gasteiger partial charge >= 0.3 is 0 Å². The molecule has 2 fully saturated rings. The van der Waals surface area contributed by atoms with Gasteiger partial charge in [0.05, 0.1) is 16.7 Å². The molecule has 2 N–H and O–H groups in total. The van der Waals surface area contributed by atoms with E-state index in [1.54, 1.807) is 0 Å². The summed E-state index contributed by atoms with van der Waals surface area (Å²) in [4.78, 5) is 2.22. The molecule has 4 rings (SSSR count). The average Bonchev–Trinajstić information content (AvgIpc) is 2.79. The molecule has 2 aromatic rings. The quantitative estimate of drug-likeness (QED) is 0.629. The lowest BCUT2D eigenvalue weighted by Crippen LogP contribution is -2.37. The van der Waals surface area contributed by atoms with E-state index in [1.165, 1.54) is 6.42 Å². The van der Waals surface area contributed by atoms with Crippen molar-refractivity contribution in [3.05, 3.63) is 70.9 Å². The maximum atomic E-state index is 11.6. The molecule has 2 aliphatic rings. The monoisotopic (exact) mass is 441 g/mol. The minimum absolute atomic E-state index is 0.221. The van der Waals surface area contributed by atoms with Crippen LogP contribution in [0, 0.1) is 0 Å². The van der Waals surface area contributed by atoms with Crippen LogP contribution in [0.4, 0.5) is 0 Å². The van der Waals surface area contributed by atoms with Gasteiger partial charge in [0, 0.05) is 24.9 Å². The summed E-state index contributed by atoms with van der Waals surface area (Å²) < 4.78 is 5.94. The largest absolute Gasteiger partial charge is 0.487 e. The van der Waals surface area contributed by atoms with Crippen molar-refractivity contribution in [2.45, 2.75) is 63.3 Å². The van der Waals surface area contributed by atoms with Crippen molar-refractivity contribution >= 4 is 17.2 Å². The number of aliphatic hydroxyl groups is 2. The number of benzene rings is 2. The molecule has 1 aliphatic carbocycles. The molecule has 0 bridgehead atoms. The van der Waals surface area contributed by atoms with E-state index in [0.717, 1.165) is 68.3 Å². The molecule has 1 aliphatic heterocycles. The minimum Gasteiger partial charge on any atom is -0.487 e. The maximum absolute atomic E-state index is 11.6. The fraction of sp³-hybridized carbons (Fsp3) is 0.462. The molecule has 1 heterocycles. The molecule has 31 heavy (non-hydrogen) atoms. The first-order chi connectivity index (χ1) is 15.0. The van der Waals surface area contributed by atoms with Crippen LogP contribution in [0.2, 0.25) is 5.02 Å². The van der Waals surface area contributed by atoms with E-state index in [9.17, 15) is 10.2 Å². The van der Waals surface area contributed by atoms with Crippen LogP contribution >= 0.6 is 11.6 Å². The highest BCUT2D eigenvalue weighted by Crippen LogP contribution is 2.41. The Kier molecular flexibility index (Phi) is 7.21. The molecule has 2 aromatic carbocycles. The third-order valence-electron chi connectivity index (χ3n) is 6.47. The molecular weight excluding hydrogens is 410 g/mol. The van der Waals surface area contributed by atoms with E-state index in [4.69, 9.17) is 16.3 Å². The summed E-state index contributed by atoms with van der Waals surface area (Å²) in [6.07, 6.45) is 8.15. The third kappa shape index (κ3) is 5.62. The molecule has 0 spiro atoms. The SMILES string of the molecule is OC1CCN(C=C(c2ccc(OCc3ccccc3)c(Cl)c2)C2(O)CCCCC2)CC1. The number of hydrogen-bond donors (Lipinski definition) is 2. The number of nitrogens with zero attached hydrogens (tertiary/aromatic N) is 1. The van der Waals surface area contributed by atoms with E-state index in [-0.39, 0.29) is 6.10 Å². The van der Waals surface area contributed by atoms with Crippen molar-refractivity contribution in [1.82, 2.24) is 4.90 Å². The summed E-state index contributed by atoms with van der Waals surface area (Å²) in [6, 6.07) is 15.8. The highest BCUT2D eigenvalue weighted by atomic mass is 35.5. The second kappa shape index (κ2) is 10.1. The Hall–Kier alpha value is -2.01. The molecule has 0 radical (unpaired) electrons. The van der Waals surface area contributed by atoms with E-state index in [2.05, 4.69) is 11.1 Å². The number of likely N-dealkylation sites (tertiary alicyclic amines) is 1. The number of piperidine rings is 1. The summed E-state index contributed by atoms with van der Waals surface area (Å²) in [5, 5.41) is 22.0. The van der Waals surface area contributed by atoms with Crippen molar-refractivity contribution in [3.63, 3.8) is 0 Å². The van der Waals surface area contributed by atoms with Crippen LogP contribution in [0.5, 0.6) is 5.75 Å². The summed E-state index contributed by atoms with van der Waals surface area (Å²) in [6.45, 7) is 2.06. The van der Waals surface area contributed by atoms with Crippen molar-refractivity contribution in [1.29, 1.82) is 0 Å². The number of rotatable bonds is 6. The normalized spacial score (nSPS) is 20.0. The van der Waals surface area contributed by atoms with Gasteiger partial charge in [0.1, 0.15) is 12.4 Å². The highest BCUT2D eigenvalue weighted by molar-refractivity contribution is 6.32. The fourth-order valence-corrected chi connectivity index (χ4v) is 4.82. The van der Waals surface area contributed by atoms with Gasteiger partial charge in [-0.25, -0.2) is 0 Å². The summed E-state index contributed by atoms with van der Waals surface area (Å²) in [7, 11) is 0. The second-order valence-electron chi connectivity index (χ2n) is 8.82. The standard InChI is InChI=1S/C26H32ClNO3/c27-24-17-21(9-10-25(24)31-19-20-7-3-1-4-8-20)23(26(30)13-5-2-6-14-26)18-28-15-11-22(29)12-16-28/h1,3-4,7-10,17-18,22,29-30H,2,5-6,11-16,19H2. The molecule has 0 amide bonds. The maximum Gasteiger partial charge on any atom is 0.138 e. The first-order valence-electron chi connectivity index (χ1n) is 11.4. The van der Waals surface area contributed by atoms with Crippen LogP contribution in [-0.4, -0.2) is 39.9 Å². The van der Waals surface area contributed by atoms with Crippen LogP contribution in [0.25, 0.3) is 5.57 Å². The Bertz CT molecular complexity index is 885. The molecular formula is C26H32ClNO3. The first-order valence-corrected chi connectivity index (χ1v) is 11.7. The zero-order chi connectivity index (χ0) is 21.7. The number of hydrogen-bond acceptors (Lipinski definition) is 4. The van der Waals surface area contributed by atoms with Gasteiger partial charge in [0.2, 0.25) is 0 Å². The van der Waals surface area contributed by atoms with Gasteiger partial charge in [-0.3, -0.25) is 0 Å². The molecule has 0 atom stereocenters. The van der Waals surface area contributed by atoms with Crippen molar-refractivity contribution in [2.75, 3.05) is 13.1 Å². The Morgan fingerprint density at radius 3 is 2.45 bits per heavy atom. The smallest absolute Gasteiger partial charge is 0.138 e. The Labute approximate surface area is 190 Å². The number of halogens is 1. The zero-order valence-corrected chi connectivity index (χ0v) is 18.7. The van der Waals surface area contributed by atoms with Gasteiger partial charge in [-0.1, -0.05) is 67.3 Å². The van der Waals surface area contributed by atoms with Gasteiger partial charge in [0.25, 0.3) is 0 Å². The van der Waals surface area contributed by atoms with Crippen molar-refractivity contribution in [3.8, 4) is 5.75 Å². The molecule has 5 heteroatoms. The van der Waals surface area contributed by atoms with E-state index in [0.29, 0.717) is 17.4 Å². The van der Waals surface area contributed by atoms with E-state index < -0.39 is 5.60 Å². The Morgan fingerprint density at radius 1 is 1.06 bits per heavy atom. The second-order valence-corrected chi connectivity index (χ2v) is 9.23. The van der Waals surface area contributed by atoms with Gasteiger partial charge in [-0.15, -0.1) is 0 Å². The molecule has 0 unspecified atom stereocenters. The van der Waals surface area contributed by atoms with Gasteiger partial charge < -0.3 is 19.8 Å². The first kappa shape index (κ1) is 22.2. The van der Waals surface area contributed by atoms with Crippen molar-refractivity contribution in [2.24, 2.45) is 0 Å². The number of aliphatic hydroxyl groups excluding tert-OH is 1. The van der Waals surface area contributed by atoms with Gasteiger partial charge in [0.15, 0.2) is 0 Å². The van der Waals surface area contributed by atoms with Crippen LogP contribution < -0.4 is 4.74 Å². The molecule has 1 saturated carbocycles. The molecule has 166 valence electrons. The van der Waals surface area contributed by atoms with Crippen molar-refractivity contribution < 1.29 is 14.9 Å². The van der Waals surface area contributed by atoms with Gasteiger partial charge in [-0.2, -0.15) is 0 Å². The minimum atomic E-state index is -0.843. The summed E-state index contributed by atoms with van der Waals surface area (Å²) in [5.41, 5.74) is 2.11. The average molecular weight is 442 g/mol. The Balaban J connectivity index is 1.57. The summed E-state index contributed by atoms with van der Waals surface area (Å²) in [5.74, 6) is 0.644. The molecule has 0 aromatic heterocycles. The fourth-order valence-electron chi connectivity index (χ4n) is 4.59. The lowest BCUT2D eigenvalue weighted by atomic mass is 9.77. The highest BCUT2D eigenvalue weighted by Gasteiger charge is 2.35. The Morgan fingerprint density at radius 2 is 1.77 bits per heavy atom. The van der Waals surface area contributed by atoms with Gasteiger partial charge in [-0.05, 0) is 48.9 Å². The van der Waals surface area contributed by atoms with Crippen LogP contribution in [0.1, 0.15) is 56.1 Å². The van der Waals surface area contributed by atoms with E-state index in [1.807, 2.05) is 48.5 Å². The molecule has 1 saturated heterocycles. The van der Waals surface area contributed by atoms with E-state index >= 15 is 0 Å². The lowest BCUT2D eigenvalue weighted by molar-refractivity contribution is 0.0590. The van der Waals surface area contributed by atoms with Crippen LogP contribution in [0.3, 0.4) is 0 Å². The zero-order valence-electron chi connectivity index (χ0n) is 18.0. The molecule has 4 nitrogen and oxygen atoms in total. The lowest BCUT2D eigenvalue weighted by Gasteiger charge is -2.37. The summed E-state index contributed by atoms with van der Waals surface area (Å²) >= 11 is 6.61.